The van der Waals surface area contributed by atoms with Crippen molar-refractivity contribution in [2.45, 2.75) is 0 Å². The van der Waals surface area contributed by atoms with Gasteiger partial charge in [-0.15, -0.1) is 0 Å². The summed E-state index contributed by atoms with van der Waals surface area (Å²) in [5, 5.41) is 0. The highest BCUT2D eigenvalue weighted by Crippen LogP contribution is 2.14. The monoisotopic (exact) mass is 260 g/mol. The van der Waals surface area contributed by atoms with Gasteiger partial charge in [0.2, 0.25) is 0 Å². The summed E-state index contributed by atoms with van der Waals surface area (Å²) in [7, 11) is 0. The van der Waals surface area contributed by atoms with Crippen LogP contribution in [-0.4, -0.2) is 15.8 Å². The zero-order valence-electron chi connectivity index (χ0n) is 10.7. The van der Waals surface area contributed by atoms with Gasteiger partial charge in [-0.05, 0) is 0 Å². The second kappa shape index (κ2) is 5.45. The molecule has 0 aliphatic heterocycles. The van der Waals surface area contributed by atoms with Crippen LogP contribution in [0.1, 0.15) is 15.9 Å². The third kappa shape index (κ3) is 2.47. The maximum atomic E-state index is 12.2. The maximum Gasteiger partial charge on any atom is 0.196 e. The molecule has 3 heteroatoms. The molecule has 0 fully saturated rings. The van der Waals surface area contributed by atoms with Crippen molar-refractivity contribution in [3.63, 3.8) is 0 Å². The molecule has 0 bridgehead atoms. The van der Waals surface area contributed by atoms with Gasteiger partial charge in [-0.2, -0.15) is 0 Å². The van der Waals surface area contributed by atoms with Crippen LogP contribution in [-0.2, 0) is 0 Å². The molecule has 3 nitrogen and oxygen atoms in total. The summed E-state index contributed by atoms with van der Waals surface area (Å²) in [5.74, 6) is 0.556. The highest BCUT2D eigenvalue weighted by molar-refractivity contribution is 6.08. The van der Waals surface area contributed by atoms with Crippen LogP contribution in [0.5, 0.6) is 0 Å². The van der Waals surface area contributed by atoms with E-state index in [1.165, 1.54) is 0 Å². The lowest BCUT2D eigenvalue weighted by molar-refractivity contribution is 0.103. The lowest BCUT2D eigenvalue weighted by atomic mass is 10.1. The van der Waals surface area contributed by atoms with E-state index in [1.807, 2.05) is 48.5 Å². The molecule has 3 rings (SSSR count). The van der Waals surface area contributed by atoms with E-state index in [9.17, 15) is 4.79 Å². The minimum atomic E-state index is -0.0646. The van der Waals surface area contributed by atoms with Gasteiger partial charge < -0.3 is 0 Å². The number of ketones is 1. The van der Waals surface area contributed by atoms with E-state index in [0.29, 0.717) is 17.0 Å². The molecule has 0 atom stereocenters. The number of rotatable bonds is 3. The molecule has 96 valence electrons. The summed E-state index contributed by atoms with van der Waals surface area (Å²) in [6.45, 7) is 0. The molecular formula is C17H12N2O. The zero-order valence-corrected chi connectivity index (χ0v) is 10.7. The van der Waals surface area contributed by atoms with Gasteiger partial charge in [0.1, 0.15) is 0 Å². The van der Waals surface area contributed by atoms with E-state index in [1.54, 1.807) is 24.5 Å². The van der Waals surface area contributed by atoms with E-state index in [4.69, 9.17) is 0 Å². The average molecular weight is 260 g/mol. The Bertz CT molecular complexity index is 707. The first-order chi connectivity index (χ1) is 9.84. The molecule has 0 amide bonds. The number of benzene rings is 2. The van der Waals surface area contributed by atoms with Crippen LogP contribution >= 0.6 is 0 Å². The topological polar surface area (TPSA) is 42.9 Å². The molecule has 0 saturated heterocycles. The second-order valence-electron chi connectivity index (χ2n) is 4.36. The summed E-state index contributed by atoms with van der Waals surface area (Å²) in [6, 6.07) is 18.8. The number of carbonyl (C=O) groups is 1. The molecule has 0 aliphatic rings. The Morgan fingerprint density at radius 1 is 0.700 bits per heavy atom. The summed E-state index contributed by atoms with van der Waals surface area (Å²) >= 11 is 0. The Morgan fingerprint density at radius 3 is 1.85 bits per heavy atom. The first kappa shape index (κ1) is 12.2. The van der Waals surface area contributed by atoms with Crippen LogP contribution in [0.25, 0.3) is 11.4 Å². The van der Waals surface area contributed by atoms with Gasteiger partial charge in [-0.1, -0.05) is 60.7 Å². The third-order valence-corrected chi connectivity index (χ3v) is 2.98. The Morgan fingerprint density at radius 2 is 1.25 bits per heavy atom. The number of hydrogen-bond acceptors (Lipinski definition) is 3. The molecule has 2 aromatic carbocycles. The normalized spacial score (nSPS) is 10.2. The van der Waals surface area contributed by atoms with Gasteiger partial charge in [0.25, 0.3) is 0 Å². The molecular weight excluding hydrogens is 248 g/mol. The molecule has 20 heavy (non-hydrogen) atoms. The molecule has 0 aliphatic carbocycles. The van der Waals surface area contributed by atoms with Crippen molar-refractivity contribution in [1.82, 2.24) is 9.97 Å². The molecule has 0 N–H and O–H groups in total. The minimum Gasteiger partial charge on any atom is -0.288 e. The van der Waals surface area contributed by atoms with Gasteiger partial charge in [0, 0.05) is 23.5 Å². The molecule has 0 radical (unpaired) electrons. The molecule has 3 aromatic rings. The van der Waals surface area contributed by atoms with E-state index in [-0.39, 0.29) is 5.78 Å². The fourth-order valence-electron chi connectivity index (χ4n) is 1.94. The van der Waals surface area contributed by atoms with Crippen LogP contribution < -0.4 is 0 Å². The number of aromatic nitrogens is 2. The zero-order chi connectivity index (χ0) is 13.8. The molecule has 0 unspecified atom stereocenters. The number of carbonyl (C=O) groups excluding carboxylic acids is 1. The predicted octanol–water partition coefficient (Wildman–Crippen LogP) is 3.37. The molecule has 0 saturated carbocycles. The van der Waals surface area contributed by atoms with Crippen LogP contribution in [0.15, 0.2) is 73.1 Å². The quantitative estimate of drug-likeness (QED) is 0.678. The van der Waals surface area contributed by atoms with Crippen molar-refractivity contribution in [2.75, 3.05) is 0 Å². The summed E-state index contributed by atoms with van der Waals surface area (Å²) in [5.41, 5.74) is 2.07. The lowest BCUT2D eigenvalue weighted by Gasteiger charge is -2.02. The van der Waals surface area contributed by atoms with Crippen molar-refractivity contribution in [3.05, 3.63) is 84.2 Å². The van der Waals surface area contributed by atoms with Crippen LogP contribution in [0.3, 0.4) is 0 Å². The highest BCUT2D eigenvalue weighted by Gasteiger charge is 2.10. The fraction of sp³-hybridized carbons (Fsp3) is 0. The number of nitrogens with zero attached hydrogens (tertiary/aromatic N) is 2. The molecule has 0 spiro atoms. The Balaban J connectivity index is 1.89. The Kier molecular flexibility index (Phi) is 3.33. The van der Waals surface area contributed by atoms with Gasteiger partial charge in [0.05, 0.1) is 5.56 Å². The van der Waals surface area contributed by atoms with E-state index >= 15 is 0 Å². The van der Waals surface area contributed by atoms with E-state index < -0.39 is 0 Å². The average Bonchev–Trinajstić information content (AvgIpc) is 2.56. The van der Waals surface area contributed by atoms with Gasteiger partial charge in [-0.3, -0.25) is 4.79 Å². The van der Waals surface area contributed by atoms with E-state index in [2.05, 4.69) is 9.97 Å². The standard InChI is InChI=1S/C17H12N2O/c20-16(13-7-3-1-4-8-13)15-11-18-17(19-12-15)14-9-5-2-6-10-14/h1-12H. The van der Waals surface area contributed by atoms with Crippen molar-refractivity contribution >= 4 is 5.78 Å². The largest absolute Gasteiger partial charge is 0.288 e. The van der Waals surface area contributed by atoms with Crippen molar-refractivity contribution < 1.29 is 4.79 Å². The molecule has 1 aromatic heterocycles. The lowest BCUT2D eigenvalue weighted by Crippen LogP contribution is -2.03. The predicted molar refractivity (Wildman–Crippen MR) is 77.3 cm³/mol. The summed E-state index contributed by atoms with van der Waals surface area (Å²) < 4.78 is 0. The smallest absolute Gasteiger partial charge is 0.196 e. The minimum absolute atomic E-state index is 0.0646. The summed E-state index contributed by atoms with van der Waals surface area (Å²) in [4.78, 5) is 20.7. The number of hydrogen-bond donors (Lipinski definition) is 0. The molecule has 1 heterocycles. The fourth-order valence-corrected chi connectivity index (χ4v) is 1.94. The van der Waals surface area contributed by atoms with Crippen molar-refractivity contribution in [1.29, 1.82) is 0 Å². The van der Waals surface area contributed by atoms with E-state index in [0.717, 1.165) is 5.56 Å². The van der Waals surface area contributed by atoms with Gasteiger partial charge in [-0.25, -0.2) is 9.97 Å². The van der Waals surface area contributed by atoms with Crippen LogP contribution in [0, 0.1) is 0 Å². The van der Waals surface area contributed by atoms with Crippen LogP contribution in [0.2, 0.25) is 0 Å². The first-order valence-electron chi connectivity index (χ1n) is 6.32. The van der Waals surface area contributed by atoms with Crippen molar-refractivity contribution in [3.8, 4) is 11.4 Å². The Hall–Kier alpha value is -2.81. The van der Waals surface area contributed by atoms with Gasteiger partial charge >= 0.3 is 0 Å². The highest BCUT2D eigenvalue weighted by atomic mass is 16.1. The Labute approximate surface area is 117 Å². The SMILES string of the molecule is O=C(c1ccccc1)c1cnc(-c2ccccc2)nc1. The maximum absolute atomic E-state index is 12.2. The van der Waals surface area contributed by atoms with Crippen molar-refractivity contribution in [2.24, 2.45) is 0 Å². The third-order valence-electron chi connectivity index (χ3n) is 2.98. The summed E-state index contributed by atoms with van der Waals surface area (Å²) in [6.07, 6.45) is 3.15. The van der Waals surface area contributed by atoms with Gasteiger partial charge in [0.15, 0.2) is 11.6 Å². The van der Waals surface area contributed by atoms with Crippen LogP contribution in [0.4, 0.5) is 0 Å². The first-order valence-corrected chi connectivity index (χ1v) is 6.32. The second-order valence-corrected chi connectivity index (χ2v) is 4.36.